The normalized spacial score (nSPS) is 11.5. The van der Waals surface area contributed by atoms with Gasteiger partial charge in [0.05, 0.1) is 75.0 Å². The minimum absolute atomic E-state index is 0.0778. The second-order valence-corrected chi connectivity index (χ2v) is 27.8. The van der Waals surface area contributed by atoms with Gasteiger partial charge in [-0.1, -0.05) is 180 Å². The SMILES string of the molecule is COC(=O)c1c(N)ncn1C(c1ccc(Cl)cc1)c1ccc2c(c1)c(-c1ccccc1)cc(=O)n2C.COC(=O)c1c(N)ncn1C(c1ccc(Cl)cc1)c1ccc2c(c1)c(-c1ccccc1)cc(=O)n2C.COC(=O)c1c(N)ncn1C(c1ccc(Cl)cc1)c1ccc2c(c1)c(-c1ccccc1)cc(=O)n2C.O=C(O)C(=O)O.O=C(O)C(=O)O. The number of carboxylic acids is 4. The lowest BCUT2D eigenvalue weighted by Gasteiger charge is -2.23. The summed E-state index contributed by atoms with van der Waals surface area (Å²) in [6, 6.07) is 72.7. The molecule has 0 saturated heterocycles. The molecule has 3 atom stereocenters. The van der Waals surface area contributed by atoms with E-state index in [-0.39, 0.29) is 51.2 Å². The molecule has 120 heavy (non-hydrogen) atoms. The number of hydrogen-bond donors (Lipinski definition) is 7. The van der Waals surface area contributed by atoms with Gasteiger partial charge in [0.2, 0.25) is 0 Å². The summed E-state index contributed by atoms with van der Waals surface area (Å²) in [6.45, 7) is 0. The number of hydrogen-bond acceptors (Lipinski definition) is 19. The number of nitrogen functional groups attached to an aromatic ring is 3. The second-order valence-electron chi connectivity index (χ2n) is 26.5. The molecule has 0 bridgehead atoms. The first-order chi connectivity index (χ1) is 57.4. The highest BCUT2D eigenvalue weighted by Crippen LogP contribution is 2.40. The number of anilines is 3. The van der Waals surface area contributed by atoms with Crippen molar-refractivity contribution in [2.75, 3.05) is 38.5 Å². The molecule has 15 rings (SSSR count). The van der Waals surface area contributed by atoms with Crippen LogP contribution in [0.5, 0.6) is 0 Å². The average molecular weight is 1680 g/mol. The van der Waals surface area contributed by atoms with E-state index < -0.39 is 59.9 Å². The fourth-order valence-corrected chi connectivity index (χ4v) is 14.0. The van der Waals surface area contributed by atoms with Gasteiger partial charge in [-0.05, 0) is 140 Å². The lowest BCUT2D eigenvalue weighted by molar-refractivity contribution is -0.159. The number of pyridine rings is 3. The molecule has 29 nitrogen and oxygen atoms in total. The fraction of sp³-hybridized carbons (Fsp3) is 0.102. The Morgan fingerprint density at radius 2 is 0.542 bits per heavy atom. The van der Waals surface area contributed by atoms with Crippen molar-refractivity contribution in [3.8, 4) is 33.4 Å². The van der Waals surface area contributed by atoms with Gasteiger partial charge in [-0.3, -0.25) is 14.4 Å². The molecule has 0 saturated carbocycles. The van der Waals surface area contributed by atoms with Gasteiger partial charge in [0.25, 0.3) is 16.7 Å². The molecule has 6 aromatic heterocycles. The number of ether oxygens (including phenoxy) is 3. The molecule has 9 aromatic carbocycles. The molecule has 0 amide bonds. The van der Waals surface area contributed by atoms with E-state index in [9.17, 15) is 28.8 Å². The molecule has 3 unspecified atom stereocenters. The third kappa shape index (κ3) is 18.7. The van der Waals surface area contributed by atoms with Gasteiger partial charge in [0.15, 0.2) is 34.5 Å². The predicted octanol–water partition coefficient (Wildman–Crippen LogP) is 13.5. The highest BCUT2D eigenvalue weighted by molar-refractivity contribution is 6.31. The number of aromatic nitrogens is 9. The quantitative estimate of drug-likeness (QED) is 0.0285. The largest absolute Gasteiger partial charge is 0.473 e. The third-order valence-corrected chi connectivity index (χ3v) is 20.1. The summed E-state index contributed by atoms with van der Waals surface area (Å²) in [7, 11) is 9.17. The minimum Gasteiger partial charge on any atom is -0.473 e. The van der Waals surface area contributed by atoms with Gasteiger partial charge in [-0.25, -0.2) is 48.5 Å². The molecule has 608 valence electrons. The first kappa shape index (κ1) is 85.7. The number of imidazole rings is 3. The summed E-state index contributed by atoms with van der Waals surface area (Å²) in [5, 5.41) is 34.0. The summed E-state index contributed by atoms with van der Waals surface area (Å²) < 4.78 is 25.0. The molecule has 10 N–H and O–H groups in total. The van der Waals surface area contributed by atoms with Crippen LogP contribution in [0, 0.1) is 0 Å². The number of carbonyl (C=O) groups excluding carboxylic acids is 3. The van der Waals surface area contributed by atoms with Gasteiger partial charge < -0.3 is 79.2 Å². The first-order valence-corrected chi connectivity index (χ1v) is 37.1. The maximum absolute atomic E-state index is 12.7. The Bertz CT molecular complexity index is 5960. The number of carboxylic acid groups (broad SMARTS) is 4. The number of fused-ring (bicyclic) bond motifs is 3. The van der Waals surface area contributed by atoms with E-state index in [0.717, 1.165) is 99.5 Å². The maximum Gasteiger partial charge on any atom is 0.414 e. The average Bonchev–Trinajstić information content (AvgIpc) is 0.997. The van der Waals surface area contributed by atoms with E-state index in [1.54, 1.807) is 103 Å². The summed E-state index contributed by atoms with van der Waals surface area (Å²) in [6.07, 6.45) is 4.59. The van der Waals surface area contributed by atoms with Crippen molar-refractivity contribution in [3.63, 3.8) is 0 Å². The monoisotopic (exact) mass is 1670 g/mol. The summed E-state index contributed by atoms with van der Waals surface area (Å²) in [4.78, 5) is 125. The Hall–Kier alpha value is -15.2. The maximum atomic E-state index is 12.7. The van der Waals surface area contributed by atoms with Crippen LogP contribution in [0.3, 0.4) is 0 Å². The van der Waals surface area contributed by atoms with Crippen LogP contribution in [-0.4, -0.2) is 126 Å². The summed E-state index contributed by atoms with van der Waals surface area (Å²) in [5.74, 6) is -8.82. The zero-order valence-electron chi connectivity index (χ0n) is 64.5. The van der Waals surface area contributed by atoms with Crippen LogP contribution in [0.4, 0.5) is 17.5 Å². The Morgan fingerprint density at radius 1 is 0.325 bits per heavy atom. The Kier molecular flexibility index (Phi) is 26.8. The molecule has 15 aromatic rings. The molecule has 0 fully saturated rings. The van der Waals surface area contributed by atoms with E-state index in [1.807, 2.05) is 182 Å². The van der Waals surface area contributed by atoms with Crippen molar-refractivity contribution in [2.45, 2.75) is 18.1 Å². The number of benzene rings is 9. The first-order valence-electron chi connectivity index (χ1n) is 35.9. The number of nitrogens with zero attached hydrogens (tertiary/aromatic N) is 9. The van der Waals surface area contributed by atoms with Crippen molar-refractivity contribution >= 4 is 127 Å². The van der Waals surface area contributed by atoms with Gasteiger partial charge in [0.1, 0.15) is 0 Å². The molecule has 0 radical (unpaired) electrons. The second kappa shape index (κ2) is 37.6. The van der Waals surface area contributed by atoms with Crippen LogP contribution < -0.4 is 33.9 Å². The number of methoxy groups -OCH3 is 3. The molecular formula is C88H73Cl3N12O17. The van der Waals surface area contributed by atoms with Crippen molar-refractivity contribution in [2.24, 2.45) is 21.1 Å². The zero-order valence-corrected chi connectivity index (χ0v) is 66.7. The van der Waals surface area contributed by atoms with Crippen molar-refractivity contribution in [1.29, 1.82) is 0 Å². The number of halogens is 3. The molecule has 32 heteroatoms. The van der Waals surface area contributed by atoms with Crippen LogP contribution in [0.1, 0.15) is 83.0 Å². The Labute approximate surface area is 696 Å². The number of rotatable bonds is 15. The zero-order chi connectivity index (χ0) is 86.5. The third-order valence-electron chi connectivity index (χ3n) is 19.4. The Balaban J connectivity index is 0.000000164. The smallest absolute Gasteiger partial charge is 0.414 e. The number of aliphatic carboxylic acids is 4. The van der Waals surface area contributed by atoms with Gasteiger partial charge in [-0.2, -0.15) is 0 Å². The van der Waals surface area contributed by atoms with Gasteiger partial charge in [-0.15, -0.1) is 0 Å². The van der Waals surface area contributed by atoms with Crippen LogP contribution in [0.25, 0.3) is 66.1 Å². The number of carbonyl (C=O) groups is 7. The van der Waals surface area contributed by atoms with Crippen LogP contribution in [0.15, 0.2) is 270 Å². The number of aryl methyl sites for hydroxylation is 3. The fourth-order valence-electron chi connectivity index (χ4n) is 13.6. The number of esters is 3. The van der Waals surface area contributed by atoms with Crippen LogP contribution in [-0.2, 0) is 54.5 Å². The lowest BCUT2D eigenvalue weighted by atomic mass is 9.94. The molecular weight excluding hydrogens is 1600 g/mol. The Morgan fingerprint density at radius 3 is 0.750 bits per heavy atom. The van der Waals surface area contributed by atoms with E-state index in [1.165, 1.54) is 40.3 Å². The number of nitrogens with two attached hydrogens (primary N) is 3. The van der Waals surface area contributed by atoms with Crippen molar-refractivity contribution < 1.29 is 68.2 Å². The highest BCUT2D eigenvalue weighted by Gasteiger charge is 2.31. The molecule has 0 aliphatic heterocycles. The summed E-state index contributed by atoms with van der Waals surface area (Å²) in [5.41, 5.74) is 31.2. The molecule has 0 spiro atoms. The van der Waals surface area contributed by atoms with Crippen molar-refractivity contribution in [1.82, 2.24) is 42.4 Å². The van der Waals surface area contributed by atoms with E-state index in [0.29, 0.717) is 15.1 Å². The van der Waals surface area contributed by atoms with E-state index in [4.69, 9.17) is 106 Å². The van der Waals surface area contributed by atoms with Gasteiger partial charge >= 0.3 is 41.8 Å². The van der Waals surface area contributed by atoms with Crippen LogP contribution in [0.2, 0.25) is 15.1 Å². The van der Waals surface area contributed by atoms with Crippen molar-refractivity contribution in [3.05, 3.63) is 352 Å². The molecule has 6 heterocycles. The van der Waals surface area contributed by atoms with E-state index in [2.05, 4.69) is 15.0 Å². The minimum atomic E-state index is -1.82. The standard InChI is InChI=1S/3C28H23ClN4O3.2C2H2O4/c3*1-32-23-13-10-19(14-22(23)21(15-24(32)34)17-6-4-3-5-7-17)25(18-8-11-20(29)12-9-18)33-16-31-27(30)26(33)28(35)36-2;2*3-1(4)2(5)6/h3*3-16,25H,30H2,1-2H3;2*(H,3,4)(H,5,6). The topological polar surface area (TPSA) is 426 Å². The van der Waals surface area contributed by atoms with Gasteiger partial charge in [0, 0.05) is 70.6 Å². The highest BCUT2D eigenvalue weighted by atomic mass is 35.5. The summed E-state index contributed by atoms with van der Waals surface area (Å²) >= 11 is 18.5. The molecule has 0 aliphatic rings. The lowest BCUT2D eigenvalue weighted by Crippen LogP contribution is -2.20. The van der Waals surface area contributed by atoms with Crippen LogP contribution >= 0.6 is 34.8 Å². The predicted molar refractivity (Wildman–Crippen MR) is 454 cm³/mol. The molecule has 0 aliphatic carbocycles. The van der Waals surface area contributed by atoms with E-state index >= 15 is 0 Å².